The number of aryl methyl sites for hydroxylation is 1. The van der Waals surface area contributed by atoms with Crippen molar-refractivity contribution in [3.63, 3.8) is 0 Å². The highest BCUT2D eigenvalue weighted by Crippen LogP contribution is 2.15. The normalized spacial score (nSPS) is 17.5. The number of hydrogen-bond donors (Lipinski definition) is 0. The fourth-order valence-corrected chi connectivity index (χ4v) is 2.73. The van der Waals surface area contributed by atoms with Crippen molar-refractivity contribution in [3.8, 4) is 0 Å². The minimum Gasteiger partial charge on any atom is -0.376 e. The number of amides is 1. The molecule has 1 fully saturated rings. The van der Waals surface area contributed by atoms with E-state index in [1.165, 1.54) is 0 Å². The zero-order chi connectivity index (χ0) is 16.8. The number of pyridine rings is 1. The molecule has 5 nitrogen and oxygen atoms in total. The zero-order valence-electron chi connectivity index (χ0n) is 13.9. The molecule has 1 saturated heterocycles. The van der Waals surface area contributed by atoms with Crippen LogP contribution in [0.15, 0.2) is 48.7 Å². The van der Waals surface area contributed by atoms with Crippen LogP contribution in [0.1, 0.15) is 16.8 Å². The quantitative estimate of drug-likeness (QED) is 0.846. The SMILES string of the molecule is Cc1ccccc1CN(Cc1ccccn1)C(=O)[C@@H]1COCCO1. The maximum absolute atomic E-state index is 12.9. The van der Waals surface area contributed by atoms with E-state index < -0.39 is 6.10 Å². The molecule has 0 N–H and O–H groups in total. The summed E-state index contributed by atoms with van der Waals surface area (Å²) in [4.78, 5) is 19.1. The average molecular weight is 326 g/mol. The number of nitrogens with zero attached hydrogens (tertiary/aromatic N) is 2. The second-order valence-corrected chi connectivity index (χ2v) is 5.88. The molecule has 1 amide bonds. The van der Waals surface area contributed by atoms with Crippen molar-refractivity contribution in [2.24, 2.45) is 0 Å². The van der Waals surface area contributed by atoms with Crippen LogP contribution < -0.4 is 0 Å². The van der Waals surface area contributed by atoms with Crippen LogP contribution in [-0.2, 0) is 27.4 Å². The van der Waals surface area contributed by atoms with E-state index in [-0.39, 0.29) is 5.91 Å². The molecule has 1 aliphatic heterocycles. The molecule has 0 spiro atoms. The standard InChI is InChI=1S/C19H22N2O3/c1-15-6-2-3-7-16(15)12-21(13-17-8-4-5-9-20-17)19(22)18-14-23-10-11-24-18/h2-9,18H,10-14H2,1H3/t18-/m0/s1. The molecule has 126 valence electrons. The van der Waals surface area contributed by atoms with Gasteiger partial charge < -0.3 is 14.4 Å². The third-order valence-electron chi connectivity index (χ3n) is 4.10. The van der Waals surface area contributed by atoms with Crippen LogP contribution in [0.3, 0.4) is 0 Å². The summed E-state index contributed by atoms with van der Waals surface area (Å²) in [6.45, 7) is 4.35. The van der Waals surface area contributed by atoms with Crippen LogP contribution in [0.5, 0.6) is 0 Å². The lowest BCUT2D eigenvalue weighted by Crippen LogP contribution is -2.44. The third-order valence-corrected chi connectivity index (χ3v) is 4.10. The van der Waals surface area contributed by atoms with Gasteiger partial charge in [-0.1, -0.05) is 30.3 Å². The van der Waals surface area contributed by atoms with Gasteiger partial charge in [0.2, 0.25) is 0 Å². The van der Waals surface area contributed by atoms with E-state index in [1.54, 1.807) is 11.1 Å². The Morgan fingerprint density at radius 2 is 2.00 bits per heavy atom. The van der Waals surface area contributed by atoms with Crippen LogP contribution in [0, 0.1) is 6.92 Å². The molecule has 0 aliphatic carbocycles. The van der Waals surface area contributed by atoms with E-state index in [0.29, 0.717) is 32.9 Å². The Kier molecular flexibility index (Phi) is 5.56. The largest absolute Gasteiger partial charge is 0.376 e. The number of rotatable bonds is 5. The Balaban J connectivity index is 1.79. The summed E-state index contributed by atoms with van der Waals surface area (Å²) in [5.41, 5.74) is 3.15. The molecule has 0 saturated carbocycles. The highest BCUT2D eigenvalue weighted by molar-refractivity contribution is 5.81. The predicted molar refractivity (Wildman–Crippen MR) is 90.2 cm³/mol. The predicted octanol–water partition coefficient (Wildman–Crippen LogP) is 2.33. The number of aromatic nitrogens is 1. The molecule has 0 unspecified atom stereocenters. The van der Waals surface area contributed by atoms with E-state index >= 15 is 0 Å². The van der Waals surface area contributed by atoms with Gasteiger partial charge in [-0.05, 0) is 30.2 Å². The van der Waals surface area contributed by atoms with E-state index in [4.69, 9.17) is 9.47 Å². The molecule has 0 radical (unpaired) electrons. The molecule has 1 aromatic heterocycles. The van der Waals surface area contributed by atoms with Crippen molar-refractivity contribution < 1.29 is 14.3 Å². The Hall–Kier alpha value is -2.24. The monoisotopic (exact) mass is 326 g/mol. The third kappa shape index (κ3) is 4.19. The summed E-state index contributed by atoms with van der Waals surface area (Å²) in [7, 11) is 0. The Bertz CT molecular complexity index is 669. The Labute approximate surface area is 142 Å². The number of hydrogen-bond acceptors (Lipinski definition) is 4. The summed E-state index contributed by atoms with van der Waals surface area (Å²) in [5.74, 6) is -0.0522. The van der Waals surface area contributed by atoms with Gasteiger partial charge in [0.05, 0.1) is 32.1 Å². The van der Waals surface area contributed by atoms with Gasteiger partial charge in [-0.15, -0.1) is 0 Å². The summed E-state index contributed by atoms with van der Waals surface area (Å²) in [6, 6.07) is 13.8. The molecular weight excluding hydrogens is 304 g/mol. The second kappa shape index (κ2) is 8.04. The van der Waals surface area contributed by atoms with Crippen molar-refractivity contribution in [1.29, 1.82) is 0 Å². The Morgan fingerprint density at radius 3 is 2.71 bits per heavy atom. The number of benzene rings is 1. The minimum atomic E-state index is -0.536. The first kappa shape index (κ1) is 16.6. The van der Waals surface area contributed by atoms with Gasteiger partial charge in [-0.2, -0.15) is 0 Å². The van der Waals surface area contributed by atoms with Crippen molar-refractivity contribution in [2.45, 2.75) is 26.1 Å². The average Bonchev–Trinajstić information content (AvgIpc) is 2.64. The molecule has 1 aromatic carbocycles. The maximum Gasteiger partial charge on any atom is 0.254 e. The summed E-state index contributed by atoms with van der Waals surface area (Å²) >= 11 is 0. The zero-order valence-corrected chi connectivity index (χ0v) is 13.9. The molecule has 24 heavy (non-hydrogen) atoms. The fraction of sp³-hybridized carbons (Fsp3) is 0.368. The van der Waals surface area contributed by atoms with Crippen molar-refractivity contribution in [3.05, 3.63) is 65.5 Å². The van der Waals surface area contributed by atoms with Crippen LogP contribution in [0.25, 0.3) is 0 Å². The first-order chi connectivity index (χ1) is 11.7. The molecule has 2 heterocycles. The van der Waals surface area contributed by atoms with Crippen molar-refractivity contribution in [1.82, 2.24) is 9.88 Å². The lowest BCUT2D eigenvalue weighted by atomic mass is 10.1. The van der Waals surface area contributed by atoms with Crippen molar-refractivity contribution >= 4 is 5.91 Å². The highest BCUT2D eigenvalue weighted by atomic mass is 16.6. The number of carbonyl (C=O) groups excluding carboxylic acids is 1. The van der Waals surface area contributed by atoms with Gasteiger partial charge >= 0.3 is 0 Å². The molecule has 3 rings (SSSR count). The van der Waals surface area contributed by atoms with E-state index in [9.17, 15) is 4.79 Å². The number of carbonyl (C=O) groups is 1. The Morgan fingerprint density at radius 1 is 1.17 bits per heavy atom. The molecular formula is C19H22N2O3. The lowest BCUT2D eigenvalue weighted by Gasteiger charge is -2.29. The van der Waals surface area contributed by atoms with Crippen molar-refractivity contribution in [2.75, 3.05) is 19.8 Å². The maximum atomic E-state index is 12.9. The summed E-state index contributed by atoms with van der Waals surface area (Å²) < 4.78 is 11.0. The topological polar surface area (TPSA) is 51.7 Å². The van der Waals surface area contributed by atoms with Gasteiger partial charge in [0.1, 0.15) is 0 Å². The first-order valence-electron chi connectivity index (χ1n) is 8.16. The van der Waals surface area contributed by atoms with E-state index in [1.807, 2.05) is 36.4 Å². The smallest absolute Gasteiger partial charge is 0.254 e. The molecule has 0 bridgehead atoms. The molecule has 5 heteroatoms. The van der Waals surface area contributed by atoms with E-state index in [2.05, 4.69) is 18.0 Å². The van der Waals surface area contributed by atoms with Crippen LogP contribution in [0.2, 0.25) is 0 Å². The first-order valence-corrected chi connectivity index (χ1v) is 8.16. The minimum absolute atomic E-state index is 0.0522. The lowest BCUT2D eigenvalue weighted by molar-refractivity contribution is -0.159. The fourth-order valence-electron chi connectivity index (χ4n) is 2.73. The summed E-state index contributed by atoms with van der Waals surface area (Å²) in [5, 5.41) is 0. The second-order valence-electron chi connectivity index (χ2n) is 5.88. The highest BCUT2D eigenvalue weighted by Gasteiger charge is 2.28. The van der Waals surface area contributed by atoms with Gasteiger partial charge in [-0.25, -0.2) is 0 Å². The molecule has 1 atom stereocenters. The van der Waals surface area contributed by atoms with Crippen LogP contribution in [-0.4, -0.2) is 41.7 Å². The molecule has 2 aromatic rings. The molecule has 1 aliphatic rings. The van der Waals surface area contributed by atoms with Gasteiger partial charge in [0, 0.05) is 12.7 Å². The van der Waals surface area contributed by atoms with Gasteiger partial charge in [-0.3, -0.25) is 9.78 Å². The van der Waals surface area contributed by atoms with Gasteiger partial charge in [0.25, 0.3) is 5.91 Å². The summed E-state index contributed by atoms with van der Waals surface area (Å²) in [6.07, 6.45) is 1.21. The van der Waals surface area contributed by atoms with E-state index in [0.717, 1.165) is 16.8 Å². The number of ether oxygens (including phenoxy) is 2. The van der Waals surface area contributed by atoms with Gasteiger partial charge in [0.15, 0.2) is 6.10 Å². The van der Waals surface area contributed by atoms with Crippen LogP contribution in [0.4, 0.5) is 0 Å². The van der Waals surface area contributed by atoms with Crippen LogP contribution >= 0.6 is 0 Å².